The molecule has 1 aromatic heterocycles. The molecule has 2 N–H and O–H groups in total. The Morgan fingerprint density at radius 3 is 2.74 bits per heavy atom. The van der Waals surface area contributed by atoms with E-state index in [-0.39, 0.29) is 23.8 Å². The lowest BCUT2D eigenvalue weighted by molar-refractivity contribution is -0.143. The highest BCUT2D eigenvalue weighted by atomic mass is 32.2. The number of nitrogens with one attached hydrogen (secondary N) is 2. The second kappa shape index (κ2) is 7.63. The predicted molar refractivity (Wildman–Crippen MR) is 88.8 cm³/mol. The first-order valence-electron chi connectivity index (χ1n) is 7.92. The number of aromatic nitrogens is 2. The van der Waals surface area contributed by atoms with Crippen molar-refractivity contribution in [3.63, 3.8) is 0 Å². The highest BCUT2D eigenvalue weighted by Crippen LogP contribution is 2.32. The van der Waals surface area contributed by atoms with Crippen LogP contribution in [-0.4, -0.2) is 57.4 Å². The summed E-state index contributed by atoms with van der Waals surface area (Å²) >= 11 is 1.64. The van der Waals surface area contributed by atoms with Crippen molar-refractivity contribution in [1.82, 2.24) is 20.2 Å². The number of carbonyl (C=O) groups excluding carboxylic acids is 2. The molecular formula is C15H21N5O2S. The third kappa shape index (κ3) is 3.93. The zero-order valence-corrected chi connectivity index (χ0v) is 13.7. The Balaban J connectivity index is 1.42. The summed E-state index contributed by atoms with van der Waals surface area (Å²) in [6.07, 6.45) is 6.38. The molecule has 0 radical (unpaired) electrons. The molecule has 1 saturated heterocycles. The molecule has 0 bridgehead atoms. The zero-order chi connectivity index (χ0) is 16.1. The number of hydrogen-bond donors (Lipinski definition) is 2. The van der Waals surface area contributed by atoms with Gasteiger partial charge in [-0.2, -0.15) is 0 Å². The number of hydrogen-bond acceptors (Lipinski definition) is 6. The molecule has 7 nitrogen and oxygen atoms in total. The minimum atomic E-state index is -0.332. The number of thioether (sulfide) groups is 1. The van der Waals surface area contributed by atoms with E-state index in [0.717, 1.165) is 19.3 Å². The van der Waals surface area contributed by atoms with E-state index in [1.54, 1.807) is 35.1 Å². The fourth-order valence-electron chi connectivity index (χ4n) is 2.63. The second-order valence-electron chi connectivity index (χ2n) is 5.74. The van der Waals surface area contributed by atoms with Gasteiger partial charge in [0.2, 0.25) is 17.8 Å². The first-order chi connectivity index (χ1) is 11.3. The van der Waals surface area contributed by atoms with Crippen LogP contribution in [0.25, 0.3) is 0 Å². The molecule has 2 aliphatic rings. The van der Waals surface area contributed by atoms with Gasteiger partial charge in [-0.3, -0.25) is 9.59 Å². The van der Waals surface area contributed by atoms with Crippen LogP contribution in [0.2, 0.25) is 0 Å². The average Bonchev–Trinajstić information content (AvgIpc) is 3.00. The van der Waals surface area contributed by atoms with Crippen LogP contribution in [0.4, 0.5) is 5.95 Å². The Bertz CT molecular complexity index is 552. The molecule has 8 heteroatoms. The summed E-state index contributed by atoms with van der Waals surface area (Å²) < 4.78 is 0. The Hall–Kier alpha value is -1.83. The van der Waals surface area contributed by atoms with Gasteiger partial charge < -0.3 is 15.5 Å². The lowest BCUT2D eigenvalue weighted by atomic mass is 9.84. The zero-order valence-electron chi connectivity index (χ0n) is 12.9. The molecule has 0 spiro atoms. The molecule has 1 aliphatic carbocycles. The number of nitrogens with zero attached hydrogens (tertiary/aromatic N) is 3. The maximum Gasteiger partial charge on any atom is 0.243 e. The molecule has 23 heavy (non-hydrogen) atoms. The summed E-state index contributed by atoms with van der Waals surface area (Å²) in [5.74, 6) is 2.07. The van der Waals surface area contributed by atoms with Crippen molar-refractivity contribution in [3.05, 3.63) is 18.5 Å². The fourth-order valence-corrected chi connectivity index (χ4v) is 3.80. The van der Waals surface area contributed by atoms with E-state index in [4.69, 9.17) is 0 Å². The molecule has 1 saturated carbocycles. The molecule has 2 fully saturated rings. The summed E-state index contributed by atoms with van der Waals surface area (Å²) in [6.45, 7) is 1.02. The summed E-state index contributed by atoms with van der Waals surface area (Å²) in [7, 11) is 0. The van der Waals surface area contributed by atoms with Crippen molar-refractivity contribution in [2.45, 2.75) is 25.3 Å². The van der Waals surface area contributed by atoms with Crippen LogP contribution >= 0.6 is 11.8 Å². The first kappa shape index (κ1) is 16.0. The van der Waals surface area contributed by atoms with Gasteiger partial charge in [0.1, 0.15) is 6.04 Å². The van der Waals surface area contributed by atoms with E-state index in [1.165, 1.54) is 0 Å². The van der Waals surface area contributed by atoms with Crippen molar-refractivity contribution in [2.75, 3.05) is 30.0 Å². The normalized spacial score (nSPS) is 20.9. The highest BCUT2D eigenvalue weighted by Gasteiger charge is 2.38. The van der Waals surface area contributed by atoms with Crippen molar-refractivity contribution in [2.24, 2.45) is 5.92 Å². The predicted octanol–water partition coefficient (Wildman–Crippen LogP) is 0.706. The molecule has 2 heterocycles. The van der Waals surface area contributed by atoms with Crippen LogP contribution in [0.1, 0.15) is 19.3 Å². The third-order valence-electron chi connectivity index (χ3n) is 4.20. The molecule has 3 rings (SSSR count). The van der Waals surface area contributed by atoms with Crippen LogP contribution in [0.5, 0.6) is 0 Å². The summed E-state index contributed by atoms with van der Waals surface area (Å²) in [6, 6.07) is 1.42. The topological polar surface area (TPSA) is 87.2 Å². The maximum atomic E-state index is 12.4. The molecule has 0 aromatic carbocycles. The Morgan fingerprint density at radius 1 is 1.26 bits per heavy atom. The van der Waals surface area contributed by atoms with Crippen molar-refractivity contribution in [1.29, 1.82) is 0 Å². The molecule has 124 valence electrons. The highest BCUT2D eigenvalue weighted by molar-refractivity contribution is 7.99. The minimum absolute atomic E-state index is 0.0709. The molecule has 2 amide bonds. The largest absolute Gasteiger partial charge is 0.353 e. The first-order valence-corrected chi connectivity index (χ1v) is 9.08. The van der Waals surface area contributed by atoms with Gasteiger partial charge in [0.05, 0.1) is 5.88 Å². The number of rotatable bonds is 6. The molecule has 1 aromatic rings. The minimum Gasteiger partial charge on any atom is -0.353 e. The Labute approximate surface area is 139 Å². The van der Waals surface area contributed by atoms with E-state index in [1.807, 2.05) is 0 Å². The van der Waals surface area contributed by atoms with Crippen molar-refractivity contribution >= 4 is 29.5 Å². The van der Waals surface area contributed by atoms with E-state index in [2.05, 4.69) is 20.6 Å². The quantitative estimate of drug-likeness (QED) is 0.745. The number of amides is 2. The molecule has 1 unspecified atom stereocenters. The smallest absolute Gasteiger partial charge is 0.243 e. The average molecular weight is 335 g/mol. The van der Waals surface area contributed by atoms with Crippen LogP contribution in [0, 0.1) is 5.92 Å². The van der Waals surface area contributed by atoms with Gasteiger partial charge in [0.25, 0.3) is 0 Å². The van der Waals surface area contributed by atoms with Gasteiger partial charge in [-0.05, 0) is 18.9 Å². The van der Waals surface area contributed by atoms with Crippen LogP contribution in [-0.2, 0) is 9.59 Å². The van der Waals surface area contributed by atoms with Crippen molar-refractivity contribution < 1.29 is 9.59 Å². The van der Waals surface area contributed by atoms with Crippen molar-refractivity contribution in [3.8, 4) is 0 Å². The fraction of sp³-hybridized carbons (Fsp3) is 0.600. The van der Waals surface area contributed by atoms with Crippen LogP contribution in [0.15, 0.2) is 18.5 Å². The molecule has 1 aliphatic heterocycles. The lowest BCUT2D eigenvalue weighted by Crippen LogP contribution is -2.50. The standard InChI is InChI=1S/C15H21N5O2S/c21-13(16-7-8-19-15-17-5-2-6-18-15)12-9-23-10-20(12)14(22)11-3-1-4-11/h2,5-6,11-12H,1,3-4,7-10H2,(H,16,21)(H,17,18,19). The third-order valence-corrected chi connectivity index (χ3v) is 5.21. The van der Waals surface area contributed by atoms with Crippen LogP contribution in [0.3, 0.4) is 0 Å². The maximum absolute atomic E-state index is 12.4. The molecule has 1 atom stereocenters. The number of carbonyl (C=O) groups is 2. The van der Waals surface area contributed by atoms with E-state index in [0.29, 0.717) is 30.7 Å². The summed E-state index contributed by atoms with van der Waals surface area (Å²) in [4.78, 5) is 34.5. The van der Waals surface area contributed by atoms with Gasteiger partial charge >= 0.3 is 0 Å². The Morgan fingerprint density at radius 2 is 2.04 bits per heavy atom. The van der Waals surface area contributed by atoms with Gasteiger partial charge in [-0.25, -0.2) is 9.97 Å². The van der Waals surface area contributed by atoms with Crippen LogP contribution < -0.4 is 10.6 Å². The second-order valence-corrected chi connectivity index (χ2v) is 6.74. The lowest BCUT2D eigenvalue weighted by Gasteiger charge is -2.31. The van der Waals surface area contributed by atoms with E-state index in [9.17, 15) is 9.59 Å². The van der Waals surface area contributed by atoms with E-state index >= 15 is 0 Å². The van der Waals surface area contributed by atoms with Gasteiger partial charge in [-0.15, -0.1) is 11.8 Å². The van der Waals surface area contributed by atoms with Gasteiger partial charge in [0.15, 0.2) is 0 Å². The Kier molecular flexibility index (Phi) is 5.32. The van der Waals surface area contributed by atoms with Gasteiger partial charge in [-0.1, -0.05) is 6.42 Å². The summed E-state index contributed by atoms with van der Waals surface area (Å²) in [5, 5.41) is 5.93. The van der Waals surface area contributed by atoms with Gasteiger partial charge in [0, 0.05) is 37.2 Å². The molecular weight excluding hydrogens is 314 g/mol. The monoisotopic (exact) mass is 335 g/mol. The summed E-state index contributed by atoms with van der Waals surface area (Å²) in [5.41, 5.74) is 0. The SMILES string of the molecule is O=C(NCCNc1ncccn1)C1CSCN1C(=O)C1CCC1. The van der Waals surface area contributed by atoms with E-state index < -0.39 is 0 Å². The number of anilines is 1.